The van der Waals surface area contributed by atoms with E-state index in [4.69, 9.17) is 9.47 Å². The van der Waals surface area contributed by atoms with Crippen molar-refractivity contribution in [2.45, 2.75) is 58.5 Å². The highest BCUT2D eigenvalue weighted by Gasteiger charge is 2.21. The van der Waals surface area contributed by atoms with Gasteiger partial charge in [0.2, 0.25) is 0 Å². The van der Waals surface area contributed by atoms with Crippen LogP contribution in [0.25, 0.3) is 0 Å². The molecule has 21 heavy (non-hydrogen) atoms. The molecule has 1 aliphatic heterocycles. The van der Waals surface area contributed by atoms with Crippen LogP contribution in [0.3, 0.4) is 0 Å². The summed E-state index contributed by atoms with van der Waals surface area (Å²) in [5.74, 6) is 0.333. The Labute approximate surface area is 127 Å². The first-order valence-corrected chi connectivity index (χ1v) is 8.00. The molecule has 1 aromatic carbocycles. The summed E-state index contributed by atoms with van der Waals surface area (Å²) < 4.78 is 25.2. The van der Waals surface area contributed by atoms with E-state index in [-0.39, 0.29) is 11.9 Å². The van der Waals surface area contributed by atoms with Gasteiger partial charge in [-0.2, -0.15) is 0 Å². The number of rotatable bonds is 7. The van der Waals surface area contributed by atoms with Crippen LogP contribution in [0, 0.1) is 5.82 Å². The van der Waals surface area contributed by atoms with Crippen molar-refractivity contribution in [2.24, 2.45) is 0 Å². The van der Waals surface area contributed by atoms with Crippen LogP contribution in [0.1, 0.15) is 64.0 Å². The Kier molecular flexibility index (Phi) is 6.09. The van der Waals surface area contributed by atoms with Crippen molar-refractivity contribution >= 4 is 0 Å². The molecule has 0 amide bonds. The lowest BCUT2D eigenvalue weighted by Gasteiger charge is -2.24. The third-order valence-corrected chi connectivity index (χ3v) is 3.86. The predicted octanol–water partition coefficient (Wildman–Crippen LogP) is 5.54. The molecule has 2 nitrogen and oxygen atoms in total. The van der Waals surface area contributed by atoms with E-state index in [1.165, 1.54) is 30.9 Å². The van der Waals surface area contributed by atoms with Crippen molar-refractivity contribution in [3.63, 3.8) is 0 Å². The molecule has 0 bridgehead atoms. The van der Waals surface area contributed by atoms with Crippen molar-refractivity contribution in [3.8, 4) is 5.75 Å². The fraction of sp³-hybridized carbons (Fsp3) is 0.556. The largest absolute Gasteiger partial charge is 0.494 e. The van der Waals surface area contributed by atoms with E-state index in [0.29, 0.717) is 17.9 Å². The molecular weight excluding hydrogens is 267 g/mol. The monoisotopic (exact) mass is 292 g/mol. The summed E-state index contributed by atoms with van der Waals surface area (Å²) in [6, 6.07) is 5.04. The molecule has 0 fully saturated rings. The Morgan fingerprint density at radius 1 is 1.29 bits per heavy atom. The highest BCUT2D eigenvalue weighted by atomic mass is 19.1. The molecule has 116 valence electrons. The van der Waals surface area contributed by atoms with E-state index in [1.807, 2.05) is 19.3 Å². The molecule has 2 rings (SSSR count). The number of ether oxygens (including phenoxy) is 2. The first kappa shape index (κ1) is 15.9. The molecule has 0 aliphatic carbocycles. The fourth-order valence-electron chi connectivity index (χ4n) is 2.66. The second-order valence-corrected chi connectivity index (χ2v) is 5.51. The van der Waals surface area contributed by atoms with Gasteiger partial charge in [-0.3, -0.25) is 0 Å². The van der Waals surface area contributed by atoms with E-state index in [0.717, 1.165) is 19.3 Å². The van der Waals surface area contributed by atoms with Crippen LogP contribution < -0.4 is 4.74 Å². The Morgan fingerprint density at radius 3 is 2.76 bits per heavy atom. The number of unbranched alkanes of at least 4 members (excludes halogenated alkanes) is 2. The number of halogens is 1. The summed E-state index contributed by atoms with van der Waals surface area (Å²) in [7, 11) is 0. The Hall–Kier alpha value is -1.51. The lowest BCUT2D eigenvalue weighted by molar-refractivity contribution is 0.115. The number of hydrogen-bond donors (Lipinski definition) is 0. The molecule has 0 saturated heterocycles. The maximum Gasteiger partial charge on any atom is 0.133 e. The van der Waals surface area contributed by atoms with Crippen LogP contribution >= 0.6 is 0 Å². The topological polar surface area (TPSA) is 18.5 Å². The molecule has 0 radical (unpaired) electrons. The fourth-order valence-corrected chi connectivity index (χ4v) is 2.66. The maximum absolute atomic E-state index is 14.1. The van der Waals surface area contributed by atoms with Crippen molar-refractivity contribution in [2.75, 3.05) is 6.61 Å². The van der Waals surface area contributed by atoms with Gasteiger partial charge in [-0.05, 0) is 50.3 Å². The first-order chi connectivity index (χ1) is 10.2. The minimum absolute atomic E-state index is 0.171. The van der Waals surface area contributed by atoms with Gasteiger partial charge in [0.05, 0.1) is 12.9 Å². The second kappa shape index (κ2) is 8.06. The van der Waals surface area contributed by atoms with Crippen LogP contribution in [-0.2, 0) is 4.74 Å². The zero-order valence-electron chi connectivity index (χ0n) is 13.0. The second-order valence-electron chi connectivity index (χ2n) is 5.51. The minimum atomic E-state index is -0.242. The van der Waals surface area contributed by atoms with Gasteiger partial charge in [-0.1, -0.05) is 19.8 Å². The van der Waals surface area contributed by atoms with Gasteiger partial charge in [0.1, 0.15) is 17.7 Å². The minimum Gasteiger partial charge on any atom is -0.494 e. The molecule has 1 aliphatic rings. The molecule has 0 saturated carbocycles. The van der Waals surface area contributed by atoms with Crippen molar-refractivity contribution in [1.82, 2.24) is 0 Å². The summed E-state index contributed by atoms with van der Waals surface area (Å²) in [6.45, 7) is 4.64. The van der Waals surface area contributed by atoms with Crippen molar-refractivity contribution < 1.29 is 13.9 Å². The smallest absolute Gasteiger partial charge is 0.133 e. The van der Waals surface area contributed by atoms with Gasteiger partial charge in [-0.25, -0.2) is 4.39 Å². The summed E-state index contributed by atoms with van der Waals surface area (Å²) in [5.41, 5.74) is 1.98. The highest BCUT2D eigenvalue weighted by molar-refractivity contribution is 5.31. The molecule has 0 spiro atoms. The highest BCUT2D eigenvalue weighted by Crippen LogP contribution is 2.34. The van der Waals surface area contributed by atoms with Crippen LogP contribution in [0.4, 0.5) is 4.39 Å². The van der Waals surface area contributed by atoms with E-state index in [9.17, 15) is 4.39 Å². The Bertz CT molecular complexity index is 482. The average molecular weight is 292 g/mol. The molecule has 0 aromatic heterocycles. The number of allylic oxidation sites excluding steroid dienone is 1. The van der Waals surface area contributed by atoms with Crippen LogP contribution in [0.15, 0.2) is 30.0 Å². The van der Waals surface area contributed by atoms with Crippen LogP contribution in [0.2, 0.25) is 0 Å². The molecule has 1 atom stereocenters. The average Bonchev–Trinajstić information content (AvgIpc) is 2.49. The van der Waals surface area contributed by atoms with Crippen LogP contribution in [-0.4, -0.2) is 6.61 Å². The Balaban J connectivity index is 1.95. The molecule has 1 heterocycles. The molecule has 0 N–H and O–H groups in total. The first-order valence-electron chi connectivity index (χ1n) is 8.00. The van der Waals surface area contributed by atoms with Gasteiger partial charge in [-0.15, -0.1) is 0 Å². The standard InChI is InChI=1S/C18H25FO2/c1-3-5-6-7-14-8-11-18(21-13-14)16-10-9-15(20-4-2)12-17(16)19/h9-10,12-13,18H,3-8,11H2,1-2H3. The normalized spacial score (nSPS) is 18.0. The predicted molar refractivity (Wildman–Crippen MR) is 82.9 cm³/mol. The zero-order chi connectivity index (χ0) is 15.1. The number of benzene rings is 1. The molecule has 1 unspecified atom stereocenters. The van der Waals surface area contributed by atoms with E-state index >= 15 is 0 Å². The summed E-state index contributed by atoms with van der Waals surface area (Å²) in [4.78, 5) is 0. The zero-order valence-corrected chi connectivity index (χ0v) is 13.0. The summed E-state index contributed by atoms with van der Waals surface area (Å²) in [5, 5.41) is 0. The lowest BCUT2D eigenvalue weighted by atomic mass is 9.96. The molecule has 1 aromatic rings. The third kappa shape index (κ3) is 4.48. The van der Waals surface area contributed by atoms with Gasteiger partial charge in [0.15, 0.2) is 0 Å². The van der Waals surface area contributed by atoms with E-state index < -0.39 is 0 Å². The van der Waals surface area contributed by atoms with Crippen molar-refractivity contribution in [1.29, 1.82) is 0 Å². The van der Waals surface area contributed by atoms with Crippen molar-refractivity contribution in [3.05, 3.63) is 41.4 Å². The SMILES string of the molecule is CCCCCC1=COC(c2ccc(OCC)cc2F)CC1. The van der Waals surface area contributed by atoms with Gasteiger partial charge in [0, 0.05) is 11.6 Å². The molecule has 3 heteroatoms. The maximum atomic E-state index is 14.1. The third-order valence-electron chi connectivity index (χ3n) is 3.86. The lowest BCUT2D eigenvalue weighted by Crippen LogP contribution is -2.09. The Morgan fingerprint density at radius 2 is 2.14 bits per heavy atom. The number of hydrogen-bond acceptors (Lipinski definition) is 2. The van der Waals surface area contributed by atoms with E-state index in [2.05, 4.69) is 6.92 Å². The summed E-state index contributed by atoms with van der Waals surface area (Å²) in [6.07, 6.45) is 8.34. The quantitative estimate of drug-likeness (QED) is 0.614. The van der Waals surface area contributed by atoms with Gasteiger partial charge in [0.25, 0.3) is 0 Å². The van der Waals surface area contributed by atoms with Gasteiger partial charge < -0.3 is 9.47 Å². The van der Waals surface area contributed by atoms with Gasteiger partial charge >= 0.3 is 0 Å². The molecular formula is C18H25FO2. The van der Waals surface area contributed by atoms with Crippen LogP contribution in [0.5, 0.6) is 5.75 Å². The summed E-state index contributed by atoms with van der Waals surface area (Å²) >= 11 is 0. The van der Waals surface area contributed by atoms with E-state index in [1.54, 1.807) is 6.07 Å².